The van der Waals surface area contributed by atoms with Crippen molar-refractivity contribution in [3.8, 4) is 5.75 Å². The van der Waals surface area contributed by atoms with Gasteiger partial charge in [0.05, 0.1) is 5.92 Å². The highest BCUT2D eigenvalue weighted by Crippen LogP contribution is 2.53. The standard InChI is InChI=1S/C21H26N4O3/c1-14(19(26)25-10-8-21(6-7-21)9-11-25)22-20-24-23-18(28-20)16-12-15-4-2-3-5-17(15)27-13-16/h2-5,14,16H,6-13H2,1H3,(H,22,24)/t14-,16+/m0/s1. The Kier molecular flexibility index (Phi) is 4.25. The fraction of sp³-hybridized carbons (Fsp3) is 0.571. The van der Waals surface area contributed by atoms with Crippen LogP contribution in [0.4, 0.5) is 6.01 Å². The number of hydrogen-bond donors (Lipinski definition) is 1. The third kappa shape index (κ3) is 3.34. The Balaban J connectivity index is 1.19. The van der Waals surface area contributed by atoms with E-state index >= 15 is 0 Å². The summed E-state index contributed by atoms with van der Waals surface area (Å²) in [6.45, 7) is 4.09. The van der Waals surface area contributed by atoms with E-state index in [1.165, 1.54) is 12.8 Å². The van der Waals surface area contributed by atoms with E-state index in [9.17, 15) is 4.79 Å². The van der Waals surface area contributed by atoms with Crippen LogP contribution in [0.2, 0.25) is 0 Å². The van der Waals surface area contributed by atoms with Gasteiger partial charge in [-0.15, -0.1) is 5.10 Å². The first-order valence-electron chi connectivity index (χ1n) is 10.2. The van der Waals surface area contributed by atoms with Gasteiger partial charge in [0, 0.05) is 13.1 Å². The summed E-state index contributed by atoms with van der Waals surface area (Å²) in [7, 11) is 0. The van der Waals surface area contributed by atoms with Crippen molar-refractivity contribution in [2.75, 3.05) is 25.0 Å². The van der Waals surface area contributed by atoms with Gasteiger partial charge in [0.1, 0.15) is 18.4 Å². The number of carbonyl (C=O) groups excluding carboxylic acids is 1. The van der Waals surface area contributed by atoms with Crippen LogP contribution in [-0.2, 0) is 11.2 Å². The van der Waals surface area contributed by atoms with E-state index < -0.39 is 0 Å². The molecule has 7 heteroatoms. The first-order valence-corrected chi connectivity index (χ1v) is 10.2. The van der Waals surface area contributed by atoms with Gasteiger partial charge >= 0.3 is 6.01 Å². The second-order valence-electron chi connectivity index (χ2n) is 8.46. The number of anilines is 1. The number of ether oxygens (including phenoxy) is 1. The number of para-hydroxylation sites is 1. The summed E-state index contributed by atoms with van der Waals surface area (Å²) in [5.41, 5.74) is 1.71. The summed E-state index contributed by atoms with van der Waals surface area (Å²) in [6, 6.07) is 7.92. The van der Waals surface area contributed by atoms with E-state index in [1.807, 2.05) is 30.0 Å². The molecule has 2 aliphatic heterocycles. The maximum absolute atomic E-state index is 12.7. The van der Waals surface area contributed by atoms with Crippen LogP contribution in [0.5, 0.6) is 5.75 Å². The lowest BCUT2D eigenvalue weighted by atomic mass is 9.93. The highest BCUT2D eigenvalue weighted by molar-refractivity contribution is 5.83. The smallest absolute Gasteiger partial charge is 0.316 e. The minimum Gasteiger partial charge on any atom is -0.492 e. The Labute approximate surface area is 164 Å². The van der Waals surface area contributed by atoms with E-state index in [0.29, 0.717) is 23.9 Å². The minimum atomic E-state index is -0.384. The number of piperidine rings is 1. The summed E-state index contributed by atoms with van der Waals surface area (Å²) < 4.78 is 11.6. The third-order valence-corrected chi connectivity index (χ3v) is 6.47. The molecule has 7 nitrogen and oxygen atoms in total. The Bertz CT molecular complexity index is 866. The molecule has 1 aliphatic carbocycles. The molecule has 1 spiro atoms. The average Bonchev–Trinajstić information content (AvgIpc) is 3.31. The Hall–Kier alpha value is -2.57. The summed E-state index contributed by atoms with van der Waals surface area (Å²) in [5.74, 6) is 1.60. The Morgan fingerprint density at radius 1 is 1.21 bits per heavy atom. The van der Waals surface area contributed by atoms with Gasteiger partial charge in [0.15, 0.2) is 0 Å². The second kappa shape index (κ2) is 6.79. The molecule has 2 fully saturated rings. The predicted molar refractivity (Wildman–Crippen MR) is 103 cm³/mol. The SMILES string of the molecule is C[C@H](Nc1nnc([C@H]2COc3ccccc3C2)o1)C(=O)N1CCC2(CC1)CC2. The van der Waals surface area contributed by atoms with Crippen LogP contribution >= 0.6 is 0 Å². The fourth-order valence-electron chi connectivity index (χ4n) is 4.34. The molecular formula is C21H26N4O3. The molecule has 5 rings (SSSR count). The van der Waals surface area contributed by atoms with E-state index in [0.717, 1.165) is 43.7 Å². The van der Waals surface area contributed by atoms with Gasteiger partial charge in [-0.25, -0.2) is 0 Å². The molecular weight excluding hydrogens is 356 g/mol. The summed E-state index contributed by atoms with van der Waals surface area (Å²) in [6.07, 6.45) is 5.76. The van der Waals surface area contributed by atoms with Crippen LogP contribution in [0, 0.1) is 5.41 Å². The summed E-state index contributed by atoms with van der Waals surface area (Å²) in [5, 5.41) is 11.4. The number of nitrogens with one attached hydrogen (secondary N) is 1. The lowest BCUT2D eigenvalue weighted by Crippen LogP contribution is -2.45. The van der Waals surface area contributed by atoms with Crippen molar-refractivity contribution >= 4 is 11.9 Å². The summed E-state index contributed by atoms with van der Waals surface area (Å²) >= 11 is 0. The van der Waals surface area contributed by atoms with Crippen molar-refractivity contribution in [1.82, 2.24) is 15.1 Å². The van der Waals surface area contributed by atoms with Gasteiger partial charge in [0.2, 0.25) is 11.8 Å². The van der Waals surface area contributed by atoms with Crippen LogP contribution in [-0.4, -0.2) is 46.7 Å². The summed E-state index contributed by atoms with van der Waals surface area (Å²) in [4.78, 5) is 14.7. The molecule has 1 amide bonds. The lowest BCUT2D eigenvalue weighted by Gasteiger charge is -2.33. The van der Waals surface area contributed by atoms with Gasteiger partial charge in [-0.1, -0.05) is 23.3 Å². The number of nitrogens with zero attached hydrogens (tertiary/aromatic N) is 3. The first kappa shape index (κ1) is 17.5. The second-order valence-corrected chi connectivity index (χ2v) is 8.46. The normalized spacial score (nSPS) is 23.6. The third-order valence-electron chi connectivity index (χ3n) is 6.47. The Morgan fingerprint density at radius 2 is 2.00 bits per heavy atom. The Morgan fingerprint density at radius 3 is 2.79 bits per heavy atom. The lowest BCUT2D eigenvalue weighted by molar-refractivity contribution is -0.133. The highest BCUT2D eigenvalue weighted by Gasteiger charge is 2.45. The van der Waals surface area contributed by atoms with Gasteiger partial charge < -0.3 is 19.4 Å². The van der Waals surface area contributed by atoms with Crippen LogP contribution in [0.1, 0.15) is 50.0 Å². The van der Waals surface area contributed by atoms with Crippen molar-refractivity contribution in [2.45, 2.75) is 51.0 Å². The van der Waals surface area contributed by atoms with Crippen molar-refractivity contribution in [3.63, 3.8) is 0 Å². The zero-order chi connectivity index (χ0) is 19.1. The van der Waals surface area contributed by atoms with Gasteiger partial charge in [-0.3, -0.25) is 4.79 Å². The van der Waals surface area contributed by atoms with Crippen LogP contribution < -0.4 is 10.1 Å². The van der Waals surface area contributed by atoms with Crippen LogP contribution in [0.3, 0.4) is 0 Å². The van der Waals surface area contributed by atoms with Gasteiger partial charge in [-0.2, -0.15) is 0 Å². The quantitative estimate of drug-likeness (QED) is 0.876. The molecule has 0 radical (unpaired) electrons. The number of benzene rings is 1. The van der Waals surface area contributed by atoms with E-state index in [-0.39, 0.29) is 17.9 Å². The molecule has 1 saturated carbocycles. The van der Waals surface area contributed by atoms with E-state index in [4.69, 9.17) is 9.15 Å². The average molecular weight is 382 g/mol. The maximum atomic E-state index is 12.7. The number of carbonyl (C=O) groups is 1. The largest absolute Gasteiger partial charge is 0.492 e. The molecule has 0 unspecified atom stereocenters. The topological polar surface area (TPSA) is 80.5 Å². The first-order chi connectivity index (χ1) is 13.6. The number of aromatic nitrogens is 2. The van der Waals surface area contributed by atoms with Crippen molar-refractivity contribution < 1.29 is 13.9 Å². The number of amides is 1. The van der Waals surface area contributed by atoms with Crippen LogP contribution in [0.25, 0.3) is 0 Å². The molecule has 3 aliphatic rings. The minimum absolute atomic E-state index is 0.0285. The number of fused-ring (bicyclic) bond motifs is 1. The maximum Gasteiger partial charge on any atom is 0.316 e. The molecule has 1 aromatic carbocycles. The number of likely N-dealkylation sites (tertiary alicyclic amines) is 1. The van der Waals surface area contributed by atoms with Crippen molar-refractivity contribution in [3.05, 3.63) is 35.7 Å². The van der Waals surface area contributed by atoms with E-state index in [1.54, 1.807) is 0 Å². The molecule has 3 heterocycles. The van der Waals surface area contributed by atoms with Crippen molar-refractivity contribution in [2.24, 2.45) is 5.41 Å². The molecule has 148 valence electrons. The highest BCUT2D eigenvalue weighted by atomic mass is 16.5. The van der Waals surface area contributed by atoms with Crippen molar-refractivity contribution in [1.29, 1.82) is 0 Å². The molecule has 2 aromatic rings. The molecule has 1 saturated heterocycles. The van der Waals surface area contributed by atoms with E-state index in [2.05, 4.69) is 21.6 Å². The van der Waals surface area contributed by atoms with Gasteiger partial charge in [-0.05, 0) is 56.1 Å². The predicted octanol–water partition coefficient (Wildman–Crippen LogP) is 2.99. The van der Waals surface area contributed by atoms with Crippen LogP contribution in [0.15, 0.2) is 28.7 Å². The molecule has 0 bridgehead atoms. The number of rotatable bonds is 4. The molecule has 2 atom stereocenters. The number of hydrogen-bond acceptors (Lipinski definition) is 6. The monoisotopic (exact) mass is 382 g/mol. The molecule has 28 heavy (non-hydrogen) atoms. The fourth-order valence-corrected chi connectivity index (χ4v) is 4.34. The molecule has 1 N–H and O–H groups in total. The zero-order valence-electron chi connectivity index (χ0n) is 16.2. The van der Waals surface area contributed by atoms with Gasteiger partial charge in [0.25, 0.3) is 0 Å². The molecule has 1 aromatic heterocycles. The zero-order valence-corrected chi connectivity index (χ0v) is 16.2.